The SMILES string of the molecule is C1=CC(C2(c3ccccc3)c3ccccc3-c3ccc(N(c4ccccc4)c4ccc(-c5ccc6c(c5)c5c(n6-c6ccc(-c7ccccc7)cc6)=CCCC=5)cc4)cc32)=CCC1. The maximum atomic E-state index is 2.47. The third kappa shape index (κ3) is 6.09. The van der Waals surface area contributed by atoms with Crippen LogP contribution in [-0.2, 0) is 5.41 Å². The highest BCUT2D eigenvalue weighted by molar-refractivity contribution is 5.91. The Morgan fingerprint density at radius 3 is 1.81 bits per heavy atom. The van der Waals surface area contributed by atoms with Gasteiger partial charge in [-0.1, -0.05) is 170 Å². The molecule has 0 bridgehead atoms. The fourth-order valence-corrected chi connectivity index (χ4v) is 10.7. The summed E-state index contributed by atoms with van der Waals surface area (Å²) in [4.78, 5) is 2.42. The van der Waals surface area contributed by atoms with Gasteiger partial charge in [0.1, 0.15) is 0 Å². The van der Waals surface area contributed by atoms with Crippen LogP contribution in [-0.4, -0.2) is 4.57 Å². The first-order chi connectivity index (χ1) is 31.3. The standard InChI is InChI=1S/C61H46N2/c1-5-17-43(18-6-1)44-29-36-51(37-30-44)63-59-28-16-14-26-55(59)56-41-46(33-40-60(56)63)45-31-34-50(35-32-45)62(49-23-11-4-12-24-49)52-38-39-54-53-25-13-15-27-57(53)61(58(54)42-52,47-19-7-2-8-20-47)48-21-9-3-10-22-48/h1-2,4-9,11-13,15,17-42H,3,10,14,16H2. The molecule has 0 fully saturated rings. The van der Waals surface area contributed by atoms with Crippen molar-refractivity contribution in [3.63, 3.8) is 0 Å². The maximum Gasteiger partial charge on any atom is 0.0711 e. The van der Waals surface area contributed by atoms with E-state index in [0.29, 0.717) is 0 Å². The summed E-state index contributed by atoms with van der Waals surface area (Å²) in [7, 11) is 0. The summed E-state index contributed by atoms with van der Waals surface area (Å²) in [6.07, 6.45) is 16.3. The van der Waals surface area contributed by atoms with E-state index < -0.39 is 5.41 Å². The summed E-state index contributed by atoms with van der Waals surface area (Å²) in [6.45, 7) is 0. The lowest BCUT2D eigenvalue weighted by molar-refractivity contribution is 0.751. The van der Waals surface area contributed by atoms with Gasteiger partial charge in [0, 0.05) is 38.7 Å². The Morgan fingerprint density at radius 2 is 1.03 bits per heavy atom. The molecule has 2 heteroatoms. The third-order valence-electron chi connectivity index (χ3n) is 13.5. The Hall–Kier alpha value is -7.68. The number of nitrogens with zero attached hydrogens (tertiary/aromatic N) is 2. The second-order valence-corrected chi connectivity index (χ2v) is 17.0. The highest BCUT2D eigenvalue weighted by Gasteiger charge is 2.47. The molecule has 0 spiro atoms. The number of hydrogen-bond donors (Lipinski definition) is 0. The molecule has 0 amide bonds. The lowest BCUT2D eigenvalue weighted by atomic mass is 9.66. The number of anilines is 3. The van der Waals surface area contributed by atoms with Crippen LogP contribution in [0.2, 0.25) is 0 Å². The van der Waals surface area contributed by atoms with Gasteiger partial charge in [0.2, 0.25) is 0 Å². The molecule has 0 saturated heterocycles. The zero-order valence-corrected chi connectivity index (χ0v) is 35.2. The number of aromatic nitrogens is 1. The smallest absolute Gasteiger partial charge is 0.0711 e. The van der Waals surface area contributed by atoms with E-state index in [-0.39, 0.29) is 0 Å². The van der Waals surface area contributed by atoms with Crippen LogP contribution in [0.25, 0.3) is 62.1 Å². The van der Waals surface area contributed by atoms with E-state index in [1.165, 1.54) is 82.8 Å². The van der Waals surface area contributed by atoms with E-state index >= 15 is 0 Å². The molecule has 1 aromatic heterocycles. The van der Waals surface area contributed by atoms with Crippen LogP contribution in [0.5, 0.6) is 0 Å². The molecule has 0 radical (unpaired) electrons. The van der Waals surface area contributed by atoms with Gasteiger partial charge in [-0.3, -0.25) is 0 Å². The van der Waals surface area contributed by atoms with Gasteiger partial charge >= 0.3 is 0 Å². The van der Waals surface area contributed by atoms with Crippen molar-refractivity contribution in [2.45, 2.75) is 31.1 Å². The van der Waals surface area contributed by atoms with Crippen molar-refractivity contribution in [3.8, 4) is 39.1 Å². The molecule has 1 atom stereocenters. The number of fused-ring (bicyclic) bond motifs is 6. The van der Waals surface area contributed by atoms with E-state index in [9.17, 15) is 0 Å². The molecular formula is C61H46N2. The van der Waals surface area contributed by atoms with Crippen molar-refractivity contribution in [1.29, 1.82) is 0 Å². The first-order valence-corrected chi connectivity index (χ1v) is 22.4. The van der Waals surface area contributed by atoms with Gasteiger partial charge in [0.25, 0.3) is 0 Å². The average molecular weight is 807 g/mol. The largest absolute Gasteiger partial charge is 0.310 e. The minimum absolute atomic E-state index is 0.427. The lowest BCUT2D eigenvalue weighted by Gasteiger charge is -2.36. The molecule has 0 N–H and O–H groups in total. The molecule has 3 aliphatic rings. The molecule has 300 valence electrons. The van der Waals surface area contributed by atoms with Crippen molar-refractivity contribution in [3.05, 3.63) is 251 Å². The average Bonchev–Trinajstić information content (AvgIpc) is 3.86. The summed E-state index contributed by atoms with van der Waals surface area (Å²) in [6, 6.07) is 74.0. The lowest BCUT2D eigenvalue weighted by Crippen LogP contribution is -2.30. The number of benzene rings is 8. The van der Waals surface area contributed by atoms with Gasteiger partial charge in [0.15, 0.2) is 0 Å². The molecule has 2 nitrogen and oxygen atoms in total. The highest BCUT2D eigenvalue weighted by atomic mass is 15.1. The fourth-order valence-electron chi connectivity index (χ4n) is 10.7. The Morgan fingerprint density at radius 1 is 0.429 bits per heavy atom. The zero-order chi connectivity index (χ0) is 41.7. The molecule has 8 aromatic carbocycles. The van der Waals surface area contributed by atoms with Crippen LogP contribution in [0.15, 0.2) is 224 Å². The molecule has 63 heavy (non-hydrogen) atoms. The third-order valence-corrected chi connectivity index (χ3v) is 13.5. The summed E-state index contributed by atoms with van der Waals surface area (Å²) < 4.78 is 2.45. The summed E-state index contributed by atoms with van der Waals surface area (Å²) in [5.74, 6) is 0. The Labute approximate surface area is 369 Å². The topological polar surface area (TPSA) is 8.17 Å². The molecule has 9 aromatic rings. The Kier molecular flexibility index (Phi) is 9.04. The molecule has 3 aliphatic carbocycles. The number of para-hydroxylation sites is 1. The molecule has 1 heterocycles. The minimum atomic E-state index is -0.427. The Bertz CT molecular complexity index is 3360. The van der Waals surface area contributed by atoms with Crippen molar-refractivity contribution in [1.82, 2.24) is 4.57 Å². The monoisotopic (exact) mass is 806 g/mol. The van der Waals surface area contributed by atoms with E-state index in [2.05, 4.69) is 240 Å². The van der Waals surface area contributed by atoms with E-state index in [1.807, 2.05) is 0 Å². The number of rotatable bonds is 8. The predicted octanol–water partition coefficient (Wildman–Crippen LogP) is 14.4. The normalized spacial score (nSPS) is 16.0. The molecule has 12 rings (SSSR count). The number of allylic oxidation sites excluding steroid dienone is 4. The fraction of sp³-hybridized carbons (Fsp3) is 0.0820. The van der Waals surface area contributed by atoms with Gasteiger partial charge in [-0.2, -0.15) is 0 Å². The van der Waals surface area contributed by atoms with Gasteiger partial charge in [-0.25, -0.2) is 0 Å². The molecule has 1 unspecified atom stereocenters. The van der Waals surface area contributed by atoms with Crippen LogP contribution < -0.4 is 15.5 Å². The maximum absolute atomic E-state index is 2.47. The van der Waals surface area contributed by atoms with Crippen LogP contribution in [0.3, 0.4) is 0 Å². The first-order valence-electron chi connectivity index (χ1n) is 22.4. The van der Waals surface area contributed by atoms with Gasteiger partial charge < -0.3 is 9.47 Å². The first kappa shape index (κ1) is 37.1. The predicted molar refractivity (Wildman–Crippen MR) is 264 cm³/mol. The summed E-state index contributed by atoms with van der Waals surface area (Å²) >= 11 is 0. The van der Waals surface area contributed by atoms with Crippen molar-refractivity contribution < 1.29 is 0 Å². The van der Waals surface area contributed by atoms with Crippen LogP contribution in [0.1, 0.15) is 42.4 Å². The summed E-state index contributed by atoms with van der Waals surface area (Å²) in [5, 5.41) is 3.92. The van der Waals surface area contributed by atoms with E-state index in [0.717, 1.165) is 42.7 Å². The molecule has 0 saturated carbocycles. The van der Waals surface area contributed by atoms with Gasteiger partial charge in [-0.15, -0.1) is 0 Å². The second kappa shape index (κ2) is 15.3. The molecule has 0 aliphatic heterocycles. The second-order valence-electron chi connectivity index (χ2n) is 17.0. The quantitative estimate of drug-likeness (QED) is 0.148. The zero-order valence-electron chi connectivity index (χ0n) is 35.2. The van der Waals surface area contributed by atoms with Crippen molar-refractivity contribution in [2.24, 2.45) is 0 Å². The van der Waals surface area contributed by atoms with E-state index in [1.54, 1.807) is 0 Å². The Balaban J connectivity index is 0.954. The van der Waals surface area contributed by atoms with E-state index in [4.69, 9.17) is 0 Å². The highest BCUT2D eigenvalue weighted by Crippen LogP contribution is 2.58. The number of hydrogen-bond acceptors (Lipinski definition) is 1. The van der Waals surface area contributed by atoms with Crippen LogP contribution in [0.4, 0.5) is 17.1 Å². The van der Waals surface area contributed by atoms with Crippen molar-refractivity contribution >= 4 is 40.1 Å². The van der Waals surface area contributed by atoms with Gasteiger partial charge in [-0.05, 0) is 142 Å². The van der Waals surface area contributed by atoms with Gasteiger partial charge in [0.05, 0.1) is 10.9 Å². The molecular weight excluding hydrogens is 761 g/mol. The van der Waals surface area contributed by atoms with Crippen molar-refractivity contribution in [2.75, 3.05) is 4.90 Å². The van der Waals surface area contributed by atoms with Crippen LogP contribution >= 0.6 is 0 Å². The minimum Gasteiger partial charge on any atom is -0.310 e. The summed E-state index contributed by atoms with van der Waals surface area (Å²) in [5.41, 5.74) is 18.2. The van der Waals surface area contributed by atoms with Crippen LogP contribution in [0, 0.1) is 0 Å².